The number of carbonyl (C=O) groups is 1. The maximum absolute atomic E-state index is 11.8. The van der Waals surface area contributed by atoms with Gasteiger partial charge in [0, 0.05) is 53.2 Å². The van der Waals surface area contributed by atoms with Crippen molar-refractivity contribution in [1.29, 1.82) is 0 Å². The van der Waals surface area contributed by atoms with E-state index in [0.717, 1.165) is 0 Å². The Morgan fingerprint density at radius 2 is 1.76 bits per heavy atom. The lowest BCUT2D eigenvalue weighted by Gasteiger charge is -2.34. The van der Waals surface area contributed by atoms with Crippen LogP contribution in [0.1, 0.15) is 6.42 Å². The molecule has 0 atom stereocenters. The van der Waals surface area contributed by atoms with Crippen LogP contribution in [0.5, 0.6) is 0 Å². The van der Waals surface area contributed by atoms with Gasteiger partial charge in [0.25, 0.3) is 10.2 Å². The van der Waals surface area contributed by atoms with E-state index < -0.39 is 10.2 Å². The fourth-order valence-corrected chi connectivity index (χ4v) is 2.77. The number of amides is 1. The zero-order valence-electron chi connectivity index (χ0n) is 10.3. The number of nitrogens with zero attached hydrogens (tertiary/aromatic N) is 3. The lowest BCUT2D eigenvalue weighted by molar-refractivity contribution is -0.118. The van der Waals surface area contributed by atoms with Gasteiger partial charge in [-0.15, -0.1) is 0 Å². The molecular weight excluding hydrogens is 244 g/mol. The van der Waals surface area contributed by atoms with Crippen LogP contribution < -0.4 is 5.73 Å². The van der Waals surface area contributed by atoms with Crippen LogP contribution in [-0.2, 0) is 15.0 Å². The Morgan fingerprint density at radius 3 is 2.18 bits per heavy atom. The first-order chi connectivity index (χ1) is 7.84. The summed E-state index contributed by atoms with van der Waals surface area (Å²) in [6.45, 7) is 2.80. The van der Waals surface area contributed by atoms with Crippen LogP contribution in [0, 0.1) is 0 Å². The SMILES string of the molecule is CN(C)S(=O)(=O)N1CCN(CCC(N)=O)CC1. The summed E-state index contributed by atoms with van der Waals surface area (Å²) >= 11 is 0. The van der Waals surface area contributed by atoms with E-state index in [0.29, 0.717) is 39.1 Å². The van der Waals surface area contributed by atoms with Crippen molar-refractivity contribution in [1.82, 2.24) is 13.5 Å². The summed E-state index contributed by atoms with van der Waals surface area (Å²) in [6, 6.07) is 0. The third kappa shape index (κ3) is 3.91. The van der Waals surface area contributed by atoms with Crippen molar-refractivity contribution in [3.05, 3.63) is 0 Å². The van der Waals surface area contributed by atoms with Crippen LogP contribution >= 0.6 is 0 Å². The first kappa shape index (κ1) is 14.4. The predicted octanol–water partition coefficient (Wildman–Crippen LogP) is -1.71. The summed E-state index contributed by atoms with van der Waals surface area (Å²) in [7, 11) is -0.261. The van der Waals surface area contributed by atoms with E-state index in [1.54, 1.807) is 0 Å². The van der Waals surface area contributed by atoms with Crippen LogP contribution in [0.3, 0.4) is 0 Å². The van der Waals surface area contributed by atoms with Gasteiger partial charge in [-0.25, -0.2) is 0 Å². The van der Waals surface area contributed by atoms with Crippen LogP contribution in [0.25, 0.3) is 0 Å². The smallest absolute Gasteiger partial charge is 0.281 e. The number of piperazine rings is 1. The molecule has 7 nitrogen and oxygen atoms in total. The Labute approximate surface area is 102 Å². The van der Waals surface area contributed by atoms with E-state index in [1.807, 2.05) is 4.90 Å². The van der Waals surface area contributed by atoms with Crippen LogP contribution in [0.2, 0.25) is 0 Å². The van der Waals surface area contributed by atoms with Crippen molar-refractivity contribution < 1.29 is 13.2 Å². The highest BCUT2D eigenvalue weighted by molar-refractivity contribution is 7.86. The second-order valence-electron chi connectivity index (χ2n) is 4.25. The van der Waals surface area contributed by atoms with Gasteiger partial charge in [0.1, 0.15) is 0 Å². The first-order valence-electron chi connectivity index (χ1n) is 5.52. The van der Waals surface area contributed by atoms with Crippen molar-refractivity contribution in [3.8, 4) is 0 Å². The molecule has 0 radical (unpaired) electrons. The molecule has 0 aromatic carbocycles. The summed E-state index contributed by atoms with van der Waals surface area (Å²) in [4.78, 5) is 12.7. The van der Waals surface area contributed by atoms with E-state index in [9.17, 15) is 13.2 Å². The van der Waals surface area contributed by atoms with Gasteiger partial charge in [-0.3, -0.25) is 4.79 Å². The van der Waals surface area contributed by atoms with E-state index in [4.69, 9.17) is 5.73 Å². The molecule has 2 N–H and O–H groups in total. The minimum Gasteiger partial charge on any atom is -0.370 e. The minimum atomic E-state index is -3.31. The zero-order chi connectivity index (χ0) is 13.1. The number of primary amides is 1. The van der Waals surface area contributed by atoms with Gasteiger partial charge >= 0.3 is 0 Å². The molecule has 0 unspecified atom stereocenters. The highest BCUT2D eigenvalue weighted by atomic mass is 32.2. The molecular formula is C9H20N4O3S. The summed E-state index contributed by atoms with van der Waals surface area (Å²) in [5.74, 6) is -0.326. The largest absolute Gasteiger partial charge is 0.370 e. The summed E-state index contributed by atoms with van der Waals surface area (Å²) in [6.07, 6.45) is 0.320. The fourth-order valence-electron chi connectivity index (χ4n) is 1.68. The van der Waals surface area contributed by atoms with Crippen molar-refractivity contribution in [2.45, 2.75) is 6.42 Å². The molecule has 0 aromatic rings. The Kier molecular flexibility index (Phi) is 4.87. The highest BCUT2D eigenvalue weighted by Crippen LogP contribution is 2.09. The van der Waals surface area contributed by atoms with Gasteiger partial charge in [0.15, 0.2) is 0 Å². The Balaban J connectivity index is 2.43. The lowest BCUT2D eigenvalue weighted by Crippen LogP contribution is -2.51. The van der Waals surface area contributed by atoms with Gasteiger partial charge in [-0.2, -0.15) is 17.0 Å². The Morgan fingerprint density at radius 1 is 1.24 bits per heavy atom. The second kappa shape index (κ2) is 5.76. The van der Waals surface area contributed by atoms with Crippen LogP contribution in [0.4, 0.5) is 0 Å². The molecule has 17 heavy (non-hydrogen) atoms. The monoisotopic (exact) mass is 264 g/mol. The molecule has 1 saturated heterocycles. The number of hydrogen-bond acceptors (Lipinski definition) is 4. The van der Waals surface area contributed by atoms with E-state index >= 15 is 0 Å². The number of nitrogens with two attached hydrogens (primary N) is 1. The normalized spacial score (nSPS) is 19.7. The number of carbonyl (C=O) groups excluding carboxylic acids is 1. The second-order valence-corrected chi connectivity index (χ2v) is 6.39. The first-order valence-corrected chi connectivity index (χ1v) is 6.92. The lowest BCUT2D eigenvalue weighted by atomic mass is 10.3. The molecule has 1 fully saturated rings. The molecule has 0 aliphatic carbocycles. The zero-order valence-corrected chi connectivity index (χ0v) is 11.1. The van der Waals surface area contributed by atoms with Crippen LogP contribution in [-0.4, -0.2) is 74.7 Å². The third-order valence-electron chi connectivity index (χ3n) is 2.79. The molecule has 8 heteroatoms. The predicted molar refractivity (Wildman–Crippen MR) is 64.4 cm³/mol. The molecule has 0 saturated carbocycles. The highest BCUT2D eigenvalue weighted by Gasteiger charge is 2.28. The maximum atomic E-state index is 11.8. The van der Waals surface area contributed by atoms with E-state index in [2.05, 4.69) is 0 Å². The van der Waals surface area contributed by atoms with Gasteiger partial charge < -0.3 is 10.6 Å². The third-order valence-corrected chi connectivity index (χ3v) is 4.73. The standard InChI is InChI=1S/C9H20N4O3S/c1-11(2)17(15,16)13-7-5-12(6-8-13)4-3-9(10)14/h3-8H2,1-2H3,(H2,10,14). The molecule has 0 spiro atoms. The van der Waals surface area contributed by atoms with Gasteiger partial charge in [-0.05, 0) is 0 Å². The van der Waals surface area contributed by atoms with Gasteiger partial charge in [0.2, 0.25) is 5.91 Å². The average molecular weight is 264 g/mol. The number of rotatable bonds is 5. The maximum Gasteiger partial charge on any atom is 0.281 e. The Hall–Kier alpha value is -0.700. The van der Waals surface area contributed by atoms with E-state index in [-0.39, 0.29) is 5.91 Å². The molecule has 0 bridgehead atoms. The van der Waals surface area contributed by atoms with E-state index in [1.165, 1.54) is 22.7 Å². The molecule has 100 valence electrons. The summed E-state index contributed by atoms with van der Waals surface area (Å²) < 4.78 is 26.3. The van der Waals surface area contributed by atoms with Crippen molar-refractivity contribution in [3.63, 3.8) is 0 Å². The summed E-state index contributed by atoms with van der Waals surface area (Å²) in [5.41, 5.74) is 5.07. The Bertz CT molecular complexity index is 360. The minimum absolute atomic E-state index is 0.320. The molecule has 1 rings (SSSR count). The van der Waals surface area contributed by atoms with Gasteiger partial charge in [0.05, 0.1) is 0 Å². The molecule has 0 aromatic heterocycles. The van der Waals surface area contributed by atoms with Crippen molar-refractivity contribution in [2.75, 3.05) is 46.8 Å². The summed E-state index contributed by atoms with van der Waals surface area (Å²) in [5, 5.41) is 0. The number of hydrogen-bond donors (Lipinski definition) is 1. The van der Waals surface area contributed by atoms with Crippen LogP contribution in [0.15, 0.2) is 0 Å². The molecule has 1 amide bonds. The van der Waals surface area contributed by atoms with Crippen molar-refractivity contribution >= 4 is 16.1 Å². The topological polar surface area (TPSA) is 87.0 Å². The quantitative estimate of drug-likeness (QED) is 0.640. The molecule has 1 heterocycles. The molecule has 1 aliphatic heterocycles. The fraction of sp³-hybridized carbons (Fsp3) is 0.889. The average Bonchev–Trinajstić information content (AvgIpc) is 2.26. The molecule has 1 aliphatic rings. The van der Waals surface area contributed by atoms with Gasteiger partial charge in [-0.1, -0.05) is 0 Å². The van der Waals surface area contributed by atoms with Crippen molar-refractivity contribution in [2.24, 2.45) is 5.73 Å².